The highest BCUT2D eigenvalue weighted by atomic mass is 35.5. The second-order valence-corrected chi connectivity index (χ2v) is 5.63. The van der Waals surface area contributed by atoms with Gasteiger partial charge in [-0.3, -0.25) is 4.79 Å². The molecule has 0 atom stereocenters. The first-order valence-electron chi connectivity index (χ1n) is 7.33. The first-order valence-corrected chi connectivity index (χ1v) is 7.71. The third-order valence-electron chi connectivity index (χ3n) is 3.14. The lowest BCUT2D eigenvalue weighted by molar-refractivity contribution is 0.104. The Morgan fingerprint density at radius 2 is 1.87 bits per heavy atom. The van der Waals surface area contributed by atoms with E-state index in [-0.39, 0.29) is 11.9 Å². The summed E-state index contributed by atoms with van der Waals surface area (Å²) in [4.78, 5) is 12.3. The van der Waals surface area contributed by atoms with Gasteiger partial charge in [0.2, 0.25) is 0 Å². The molecule has 2 aromatic carbocycles. The lowest BCUT2D eigenvalue weighted by atomic mass is 10.1. The van der Waals surface area contributed by atoms with Crippen LogP contribution in [0.15, 0.2) is 48.5 Å². The molecule has 0 bridgehead atoms. The number of carbonyl (C=O) groups is 1. The second-order valence-electron chi connectivity index (χ2n) is 5.22. The quantitative estimate of drug-likeness (QED) is 0.550. The Morgan fingerprint density at radius 1 is 1.13 bits per heavy atom. The summed E-state index contributed by atoms with van der Waals surface area (Å²) in [6.07, 6.45) is 3.20. The van der Waals surface area contributed by atoms with Crippen LogP contribution in [-0.4, -0.2) is 19.0 Å². The van der Waals surface area contributed by atoms with Gasteiger partial charge in [0.1, 0.15) is 0 Å². The molecule has 0 unspecified atom stereocenters. The zero-order chi connectivity index (χ0) is 16.8. The number of halogens is 1. The minimum Gasteiger partial charge on any atom is -0.493 e. The molecule has 0 fully saturated rings. The van der Waals surface area contributed by atoms with Crippen molar-refractivity contribution in [3.8, 4) is 11.5 Å². The van der Waals surface area contributed by atoms with E-state index in [9.17, 15) is 4.79 Å². The van der Waals surface area contributed by atoms with Crippen molar-refractivity contribution >= 4 is 23.5 Å². The van der Waals surface area contributed by atoms with Crippen LogP contribution in [0.3, 0.4) is 0 Å². The summed E-state index contributed by atoms with van der Waals surface area (Å²) in [6.45, 7) is 3.88. The molecule has 0 aliphatic rings. The molecule has 120 valence electrons. The third kappa shape index (κ3) is 4.36. The number of rotatable bonds is 6. The van der Waals surface area contributed by atoms with Crippen LogP contribution in [0.5, 0.6) is 11.5 Å². The smallest absolute Gasteiger partial charge is 0.187 e. The fourth-order valence-corrected chi connectivity index (χ4v) is 2.33. The van der Waals surface area contributed by atoms with E-state index in [4.69, 9.17) is 21.1 Å². The lowest BCUT2D eigenvalue weighted by Gasteiger charge is -2.15. The first-order chi connectivity index (χ1) is 11.0. The average Bonchev–Trinajstić information content (AvgIpc) is 2.53. The Morgan fingerprint density at radius 3 is 2.52 bits per heavy atom. The number of hydrogen-bond donors (Lipinski definition) is 0. The van der Waals surface area contributed by atoms with E-state index < -0.39 is 0 Å². The molecule has 3 nitrogen and oxygen atoms in total. The normalized spacial score (nSPS) is 11.0. The molecule has 0 amide bonds. The fourth-order valence-electron chi connectivity index (χ4n) is 2.10. The van der Waals surface area contributed by atoms with Crippen LogP contribution < -0.4 is 9.47 Å². The third-order valence-corrected chi connectivity index (χ3v) is 3.47. The SMILES string of the molecule is COc1cccc(/C=C/C(=O)c2ccccc2Cl)c1OC(C)C. The highest BCUT2D eigenvalue weighted by Crippen LogP contribution is 2.33. The van der Waals surface area contributed by atoms with Gasteiger partial charge in [-0.1, -0.05) is 35.9 Å². The van der Waals surface area contributed by atoms with Crippen LogP contribution in [0.1, 0.15) is 29.8 Å². The Kier molecular flexibility index (Phi) is 5.83. The summed E-state index contributed by atoms with van der Waals surface area (Å²) in [6, 6.07) is 12.5. The van der Waals surface area contributed by atoms with Crippen LogP contribution in [0, 0.1) is 0 Å². The Hall–Kier alpha value is -2.26. The van der Waals surface area contributed by atoms with Crippen LogP contribution in [0.2, 0.25) is 5.02 Å². The summed E-state index contributed by atoms with van der Waals surface area (Å²) in [5, 5.41) is 0.437. The second kappa shape index (κ2) is 7.84. The Labute approximate surface area is 141 Å². The maximum absolute atomic E-state index is 12.3. The van der Waals surface area contributed by atoms with Gasteiger partial charge in [0.25, 0.3) is 0 Å². The van der Waals surface area contributed by atoms with Crippen LogP contribution in [-0.2, 0) is 0 Å². The van der Waals surface area contributed by atoms with Gasteiger partial charge in [0, 0.05) is 11.1 Å². The molecule has 0 aliphatic heterocycles. The maximum Gasteiger partial charge on any atom is 0.187 e. The Bertz CT molecular complexity index is 720. The molecule has 2 aromatic rings. The highest BCUT2D eigenvalue weighted by Gasteiger charge is 2.11. The van der Waals surface area contributed by atoms with Gasteiger partial charge >= 0.3 is 0 Å². The van der Waals surface area contributed by atoms with Gasteiger partial charge in [-0.15, -0.1) is 0 Å². The van der Waals surface area contributed by atoms with Crippen LogP contribution in [0.25, 0.3) is 6.08 Å². The summed E-state index contributed by atoms with van der Waals surface area (Å²) in [5.74, 6) is 1.09. The minimum absolute atomic E-state index is 0.00211. The number of carbonyl (C=O) groups excluding carboxylic acids is 1. The lowest BCUT2D eigenvalue weighted by Crippen LogP contribution is -2.08. The van der Waals surface area contributed by atoms with Gasteiger partial charge in [0.05, 0.1) is 18.2 Å². The number of ether oxygens (including phenoxy) is 2. The van der Waals surface area contributed by atoms with Gasteiger partial charge in [0.15, 0.2) is 17.3 Å². The fraction of sp³-hybridized carbons (Fsp3) is 0.211. The molecule has 2 rings (SSSR count). The van der Waals surface area contributed by atoms with Gasteiger partial charge in [-0.2, -0.15) is 0 Å². The van der Waals surface area contributed by atoms with E-state index >= 15 is 0 Å². The molecular weight excluding hydrogens is 312 g/mol. The van der Waals surface area contributed by atoms with E-state index in [1.165, 1.54) is 6.08 Å². The van der Waals surface area contributed by atoms with Gasteiger partial charge in [-0.25, -0.2) is 0 Å². The van der Waals surface area contributed by atoms with Gasteiger partial charge < -0.3 is 9.47 Å². The van der Waals surface area contributed by atoms with Crippen molar-refractivity contribution < 1.29 is 14.3 Å². The van der Waals surface area contributed by atoms with Crippen molar-refractivity contribution in [3.05, 3.63) is 64.7 Å². The summed E-state index contributed by atoms with van der Waals surface area (Å²) in [5.41, 5.74) is 1.25. The zero-order valence-electron chi connectivity index (χ0n) is 13.4. The van der Waals surface area contributed by atoms with Crippen molar-refractivity contribution in [2.45, 2.75) is 20.0 Å². The first kappa shape index (κ1) is 17.1. The molecule has 0 N–H and O–H groups in total. The van der Waals surface area contributed by atoms with Crippen molar-refractivity contribution in [2.75, 3.05) is 7.11 Å². The molecule has 0 radical (unpaired) electrons. The molecule has 0 heterocycles. The van der Waals surface area contributed by atoms with E-state index in [0.717, 1.165) is 5.56 Å². The van der Waals surface area contributed by atoms with Crippen molar-refractivity contribution in [1.82, 2.24) is 0 Å². The zero-order valence-corrected chi connectivity index (χ0v) is 14.1. The van der Waals surface area contributed by atoms with Crippen molar-refractivity contribution in [2.24, 2.45) is 0 Å². The molecule has 0 aromatic heterocycles. The minimum atomic E-state index is -0.158. The summed E-state index contributed by atoms with van der Waals surface area (Å²) >= 11 is 6.05. The predicted octanol–water partition coefficient (Wildman–Crippen LogP) is 5.03. The number of allylic oxidation sites excluding steroid dienone is 1. The topological polar surface area (TPSA) is 35.5 Å². The number of para-hydroxylation sites is 1. The van der Waals surface area contributed by atoms with Crippen LogP contribution in [0.4, 0.5) is 0 Å². The molecule has 4 heteroatoms. The van der Waals surface area contributed by atoms with E-state index in [0.29, 0.717) is 22.1 Å². The van der Waals surface area contributed by atoms with E-state index in [1.807, 2.05) is 32.0 Å². The number of ketones is 1. The Balaban J connectivity index is 2.32. The van der Waals surface area contributed by atoms with E-state index in [2.05, 4.69) is 0 Å². The predicted molar refractivity (Wildman–Crippen MR) is 93.6 cm³/mol. The highest BCUT2D eigenvalue weighted by molar-refractivity contribution is 6.34. The summed E-state index contributed by atoms with van der Waals surface area (Å²) < 4.78 is 11.1. The standard InChI is InChI=1S/C19H19ClO3/c1-13(2)23-19-14(7-6-10-18(19)22-3)11-12-17(21)15-8-4-5-9-16(15)20/h4-13H,1-3H3/b12-11+. The molecule has 0 aliphatic carbocycles. The van der Waals surface area contributed by atoms with Crippen molar-refractivity contribution in [1.29, 1.82) is 0 Å². The molecule has 0 spiro atoms. The average molecular weight is 331 g/mol. The molecular formula is C19H19ClO3. The molecule has 0 saturated carbocycles. The van der Waals surface area contributed by atoms with Gasteiger partial charge in [-0.05, 0) is 44.2 Å². The number of benzene rings is 2. The number of hydrogen-bond acceptors (Lipinski definition) is 3. The monoisotopic (exact) mass is 330 g/mol. The van der Waals surface area contributed by atoms with E-state index in [1.54, 1.807) is 37.5 Å². The van der Waals surface area contributed by atoms with Crippen molar-refractivity contribution in [3.63, 3.8) is 0 Å². The number of methoxy groups -OCH3 is 1. The largest absolute Gasteiger partial charge is 0.493 e. The van der Waals surface area contributed by atoms with Crippen LogP contribution >= 0.6 is 11.6 Å². The summed E-state index contributed by atoms with van der Waals surface area (Å²) in [7, 11) is 1.59. The molecule has 23 heavy (non-hydrogen) atoms. The maximum atomic E-state index is 12.3. The molecule has 0 saturated heterocycles.